The van der Waals surface area contributed by atoms with Crippen molar-refractivity contribution >= 4 is 17.7 Å². The van der Waals surface area contributed by atoms with Gasteiger partial charge in [0.1, 0.15) is 11.6 Å². The number of nitriles is 1. The average molecular weight is 318 g/mol. The van der Waals surface area contributed by atoms with Crippen LogP contribution in [0.5, 0.6) is 0 Å². The smallest absolute Gasteiger partial charge is 0.266 e. The molecule has 0 aromatic heterocycles. The van der Waals surface area contributed by atoms with Crippen molar-refractivity contribution in [1.29, 1.82) is 5.26 Å². The van der Waals surface area contributed by atoms with Gasteiger partial charge in [0.05, 0.1) is 0 Å². The van der Waals surface area contributed by atoms with E-state index in [4.69, 9.17) is 0 Å². The standard InChI is InChI=1S/C21H22N2O/c1-13-7-6-8-14(2)20(13)23-21(24)19(12-22)11-18-10-16(4)15(3)9-17(18)5/h6-11H,1-5H3,(H,23,24)/b19-11+. The Labute approximate surface area is 143 Å². The monoisotopic (exact) mass is 318 g/mol. The van der Waals surface area contributed by atoms with Crippen LogP contribution in [0.1, 0.15) is 33.4 Å². The lowest BCUT2D eigenvalue weighted by Gasteiger charge is -2.11. The van der Waals surface area contributed by atoms with E-state index in [1.54, 1.807) is 6.08 Å². The van der Waals surface area contributed by atoms with Crippen molar-refractivity contribution in [3.05, 3.63) is 69.3 Å². The molecular formula is C21H22N2O. The Morgan fingerprint density at radius 2 is 1.54 bits per heavy atom. The fourth-order valence-corrected chi connectivity index (χ4v) is 2.63. The summed E-state index contributed by atoms with van der Waals surface area (Å²) in [5.74, 6) is -0.382. The van der Waals surface area contributed by atoms with Gasteiger partial charge >= 0.3 is 0 Å². The molecule has 0 spiro atoms. The number of aryl methyl sites for hydroxylation is 5. The van der Waals surface area contributed by atoms with Crippen molar-refractivity contribution in [2.45, 2.75) is 34.6 Å². The van der Waals surface area contributed by atoms with Crippen LogP contribution in [0.25, 0.3) is 6.08 Å². The molecule has 3 nitrogen and oxygen atoms in total. The van der Waals surface area contributed by atoms with Gasteiger partial charge in [-0.1, -0.05) is 30.3 Å². The zero-order chi connectivity index (χ0) is 17.9. The number of nitrogens with one attached hydrogen (secondary N) is 1. The molecule has 0 saturated heterocycles. The third-order valence-electron chi connectivity index (χ3n) is 4.27. The maximum atomic E-state index is 12.5. The molecule has 0 fully saturated rings. The van der Waals surface area contributed by atoms with Gasteiger partial charge in [-0.05, 0) is 74.1 Å². The minimum absolute atomic E-state index is 0.101. The second-order valence-electron chi connectivity index (χ2n) is 6.18. The highest BCUT2D eigenvalue weighted by molar-refractivity contribution is 6.10. The Hall–Kier alpha value is -2.86. The van der Waals surface area contributed by atoms with Crippen LogP contribution in [0.3, 0.4) is 0 Å². The molecule has 0 aliphatic carbocycles. The summed E-state index contributed by atoms with van der Waals surface area (Å²) in [7, 11) is 0. The number of carbonyl (C=O) groups is 1. The van der Waals surface area contributed by atoms with Gasteiger partial charge in [-0.3, -0.25) is 4.79 Å². The van der Waals surface area contributed by atoms with Crippen LogP contribution in [-0.2, 0) is 4.79 Å². The number of hydrogen-bond acceptors (Lipinski definition) is 2. The number of amides is 1. The second kappa shape index (κ2) is 7.14. The summed E-state index contributed by atoms with van der Waals surface area (Å²) in [5, 5.41) is 12.3. The molecule has 122 valence electrons. The average Bonchev–Trinajstić information content (AvgIpc) is 2.53. The largest absolute Gasteiger partial charge is 0.321 e. The number of para-hydroxylation sites is 1. The molecule has 1 N–H and O–H groups in total. The Balaban J connectivity index is 2.37. The van der Waals surface area contributed by atoms with Crippen LogP contribution in [0.15, 0.2) is 35.9 Å². The van der Waals surface area contributed by atoms with Crippen molar-refractivity contribution in [3.63, 3.8) is 0 Å². The number of anilines is 1. The maximum Gasteiger partial charge on any atom is 0.266 e. The predicted molar refractivity (Wildman–Crippen MR) is 98.8 cm³/mol. The molecule has 3 heteroatoms. The summed E-state index contributed by atoms with van der Waals surface area (Å²) in [6.07, 6.45) is 1.66. The Kier molecular flexibility index (Phi) is 5.21. The van der Waals surface area contributed by atoms with Crippen LogP contribution in [0.2, 0.25) is 0 Å². The van der Waals surface area contributed by atoms with Gasteiger partial charge in [0.25, 0.3) is 5.91 Å². The third-order valence-corrected chi connectivity index (χ3v) is 4.27. The summed E-state index contributed by atoms with van der Waals surface area (Å²) in [4.78, 5) is 12.5. The van der Waals surface area contributed by atoms with E-state index in [2.05, 4.69) is 18.3 Å². The molecule has 1 amide bonds. The van der Waals surface area contributed by atoms with E-state index >= 15 is 0 Å². The zero-order valence-electron chi connectivity index (χ0n) is 14.8. The molecule has 2 rings (SSSR count). The topological polar surface area (TPSA) is 52.9 Å². The summed E-state index contributed by atoms with van der Waals surface area (Å²) < 4.78 is 0. The van der Waals surface area contributed by atoms with Gasteiger partial charge in [-0.15, -0.1) is 0 Å². The van der Waals surface area contributed by atoms with Crippen molar-refractivity contribution in [2.75, 3.05) is 5.32 Å². The molecule has 2 aromatic rings. The van der Waals surface area contributed by atoms with Crippen LogP contribution < -0.4 is 5.32 Å². The van der Waals surface area contributed by atoms with Gasteiger partial charge < -0.3 is 5.32 Å². The quantitative estimate of drug-likeness (QED) is 0.654. The van der Waals surface area contributed by atoms with Crippen LogP contribution in [0.4, 0.5) is 5.69 Å². The van der Waals surface area contributed by atoms with E-state index in [9.17, 15) is 10.1 Å². The molecule has 0 radical (unpaired) electrons. The summed E-state index contributed by atoms with van der Waals surface area (Å²) >= 11 is 0. The van der Waals surface area contributed by atoms with Gasteiger partial charge in [0, 0.05) is 5.69 Å². The van der Waals surface area contributed by atoms with Gasteiger partial charge in [0.2, 0.25) is 0 Å². The molecule has 0 unspecified atom stereocenters. The van der Waals surface area contributed by atoms with Crippen molar-refractivity contribution in [1.82, 2.24) is 0 Å². The summed E-state index contributed by atoms with van der Waals surface area (Å²) in [6, 6.07) is 11.9. The van der Waals surface area contributed by atoms with Crippen molar-refractivity contribution < 1.29 is 4.79 Å². The first-order valence-corrected chi connectivity index (χ1v) is 7.90. The zero-order valence-corrected chi connectivity index (χ0v) is 14.8. The molecule has 0 aliphatic rings. The predicted octanol–water partition coefficient (Wildman–Crippen LogP) is 4.77. The highest BCUT2D eigenvalue weighted by atomic mass is 16.1. The second-order valence-corrected chi connectivity index (χ2v) is 6.18. The van der Waals surface area contributed by atoms with Gasteiger partial charge in [-0.25, -0.2) is 0 Å². The number of benzene rings is 2. The molecular weight excluding hydrogens is 296 g/mol. The van der Waals surface area contributed by atoms with E-state index < -0.39 is 0 Å². The summed E-state index contributed by atoms with van der Waals surface area (Å²) in [5.41, 5.74) is 7.09. The molecule has 24 heavy (non-hydrogen) atoms. The van der Waals surface area contributed by atoms with E-state index in [0.29, 0.717) is 0 Å². The Bertz CT molecular complexity index is 850. The molecule has 0 heterocycles. The first-order chi connectivity index (χ1) is 11.3. The lowest BCUT2D eigenvalue weighted by atomic mass is 9.99. The number of nitrogens with zero attached hydrogens (tertiary/aromatic N) is 1. The number of carbonyl (C=O) groups excluding carboxylic acids is 1. The van der Waals surface area contributed by atoms with E-state index in [1.165, 1.54) is 5.56 Å². The SMILES string of the molecule is Cc1cc(C)c(/C=C(\C#N)C(=O)Nc2c(C)cccc2C)cc1C. The minimum Gasteiger partial charge on any atom is -0.321 e. The Morgan fingerprint density at radius 1 is 0.958 bits per heavy atom. The third kappa shape index (κ3) is 3.72. The maximum absolute atomic E-state index is 12.5. The van der Waals surface area contributed by atoms with Crippen LogP contribution in [0, 0.1) is 45.9 Å². The highest BCUT2D eigenvalue weighted by Gasteiger charge is 2.13. The first-order valence-electron chi connectivity index (χ1n) is 7.90. The minimum atomic E-state index is -0.382. The number of rotatable bonds is 3. The van der Waals surface area contributed by atoms with Crippen LogP contribution >= 0.6 is 0 Å². The molecule has 2 aromatic carbocycles. The van der Waals surface area contributed by atoms with Crippen molar-refractivity contribution in [2.24, 2.45) is 0 Å². The lowest BCUT2D eigenvalue weighted by molar-refractivity contribution is -0.112. The van der Waals surface area contributed by atoms with Crippen LogP contribution in [-0.4, -0.2) is 5.91 Å². The number of hydrogen-bond donors (Lipinski definition) is 1. The lowest BCUT2D eigenvalue weighted by Crippen LogP contribution is -2.15. The summed E-state index contributed by atoms with van der Waals surface area (Å²) in [6.45, 7) is 9.93. The van der Waals surface area contributed by atoms with Gasteiger partial charge in [0.15, 0.2) is 0 Å². The molecule has 0 aliphatic heterocycles. The molecule has 0 bridgehead atoms. The van der Waals surface area contributed by atoms with Gasteiger partial charge in [-0.2, -0.15) is 5.26 Å². The molecule has 0 saturated carbocycles. The normalized spacial score (nSPS) is 11.1. The fraction of sp³-hybridized carbons (Fsp3) is 0.238. The molecule has 0 atom stereocenters. The van der Waals surface area contributed by atoms with E-state index in [-0.39, 0.29) is 11.5 Å². The van der Waals surface area contributed by atoms with E-state index in [1.807, 2.05) is 58.0 Å². The Morgan fingerprint density at radius 3 is 2.12 bits per heavy atom. The van der Waals surface area contributed by atoms with E-state index in [0.717, 1.165) is 33.5 Å². The van der Waals surface area contributed by atoms with Crippen molar-refractivity contribution in [3.8, 4) is 6.07 Å². The fourth-order valence-electron chi connectivity index (χ4n) is 2.63. The highest BCUT2D eigenvalue weighted by Crippen LogP contribution is 2.22. The first kappa shape index (κ1) is 17.5.